The lowest BCUT2D eigenvalue weighted by Crippen LogP contribution is -2.43. The van der Waals surface area contributed by atoms with Crippen LogP contribution in [0.3, 0.4) is 0 Å². The van der Waals surface area contributed by atoms with Gasteiger partial charge in [-0.05, 0) is 21.9 Å². The van der Waals surface area contributed by atoms with Gasteiger partial charge in [0.05, 0.1) is 6.42 Å². The topological polar surface area (TPSA) is 66.4 Å². The van der Waals surface area contributed by atoms with Crippen molar-refractivity contribution in [1.29, 1.82) is 0 Å². The molecule has 3 aromatic carbocycles. The second-order valence-electron chi connectivity index (χ2n) is 6.01. The van der Waals surface area contributed by atoms with E-state index in [0.29, 0.717) is 0 Å². The zero-order valence-corrected chi connectivity index (χ0v) is 13.7. The third-order valence-corrected chi connectivity index (χ3v) is 4.09. The van der Waals surface area contributed by atoms with E-state index in [2.05, 4.69) is 5.32 Å². The molecule has 3 aromatic rings. The second kappa shape index (κ2) is 7.62. The molecule has 0 saturated heterocycles. The zero-order chi connectivity index (χ0) is 17.6. The predicted molar refractivity (Wildman–Crippen MR) is 97.4 cm³/mol. The lowest BCUT2D eigenvalue weighted by atomic mass is 10.0. The van der Waals surface area contributed by atoms with E-state index in [1.54, 1.807) is 0 Å². The molecule has 0 aliphatic heterocycles. The zero-order valence-electron chi connectivity index (χ0n) is 13.7. The largest absolute Gasteiger partial charge is 0.480 e. The SMILES string of the molecule is O=C(Cc1ccc2ccccc2c1)NC(Cc1ccccc1)C(=O)O. The summed E-state index contributed by atoms with van der Waals surface area (Å²) in [6.07, 6.45) is 0.420. The number of aliphatic carboxylic acids is 1. The maximum absolute atomic E-state index is 12.3. The summed E-state index contributed by atoms with van der Waals surface area (Å²) in [4.78, 5) is 23.7. The Morgan fingerprint density at radius 2 is 1.52 bits per heavy atom. The van der Waals surface area contributed by atoms with Crippen molar-refractivity contribution >= 4 is 22.6 Å². The molecular formula is C21H19NO3. The Hall–Kier alpha value is -3.14. The first-order valence-corrected chi connectivity index (χ1v) is 8.15. The predicted octanol–water partition coefficient (Wildman–Crippen LogP) is 3.19. The number of carboxylic acids is 1. The van der Waals surface area contributed by atoms with Gasteiger partial charge < -0.3 is 10.4 Å². The molecule has 1 atom stereocenters. The molecule has 25 heavy (non-hydrogen) atoms. The van der Waals surface area contributed by atoms with Gasteiger partial charge in [0.2, 0.25) is 5.91 Å². The molecule has 4 nitrogen and oxygen atoms in total. The average molecular weight is 333 g/mol. The number of carbonyl (C=O) groups excluding carboxylic acids is 1. The van der Waals surface area contributed by atoms with Crippen LogP contribution in [0, 0.1) is 0 Å². The molecule has 0 aliphatic carbocycles. The van der Waals surface area contributed by atoms with Crippen molar-refractivity contribution in [3.05, 3.63) is 83.9 Å². The fraction of sp³-hybridized carbons (Fsp3) is 0.143. The average Bonchev–Trinajstić information content (AvgIpc) is 2.62. The summed E-state index contributed by atoms with van der Waals surface area (Å²) in [5.74, 6) is -1.32. The normalized spacial score (nSPS) is 11.8. The monoisotopic (exact) mass is 333 g/mol. The standard InChI is InChI=1S/C21H19NO3/c23-20(14-16-10-11-17-8-4-5-9-18(17)12-16)22-19(21(24)25)13-15-6-2-1-3-7-15/h1-12,19H,13-14H2,(H,22,23)(H,24,25). The Labute approximate surface area is 146 Å². The van der Waals surface area contributed by atoms with Crippen molar-refractivity contribution in [3.8, 4) is 0 Å². The maximum atomic E-state index is 12.3. The van der Waals surface area contributed by atoms with E-state index in [9.17, 15) is 14.7 Å². The first kappa shape index (κ1) is 16.7. The minimum Gasteiger partial charge on any atom is -0.480 e. The van der Waals surface area contributed by atoms with E-state index in [1.165, 1.54) is 0 Å². The Morgan fingerprint density at radius 3 is 2.24 bits per heavy atom. The van der Waals surface area contributed by atoms with Crippen LogP contribution in [0.2, 0.25) is 0 Å². The van der Waals surface area contributed by atoms with Crippen molar-refractivity contribution in [2.24, 2.45) is 0 Å². The Balaban J connectivity index is 1.67. The number of carboxylic acid groups (broad SMARTS) is 1. The summed E-state index contributed by atoms with van der Waals surface area (Å²) in [6, 6.07) is 22.1. The van der Waals surface area contributed by atoms with Crippen molar-refractivity contribution in [1.82, 2.24) is 5.32 Å². The van der Waals surface area contributed by atoms with Crippen LogP contribution in [-0.4, -0.2) is 23.0 Å². The van der Waals surface area contributed by atoms with Crippen LogP contribution in [-0.2, 0) is 22.4 Å². The van der Waals surface area contributed by atoms with Gasteiger partial charge in [0.1, 0.15) is 6.04 Å². The minimum atomic E-state index is -1.03. The van der Waals surface area contributed by atoms with Crippen LogP contribution in [0.5, 0.6) is 0 Å². The van der Waals surface area contributed by atoms with Crippen LogP contribution in [0.25, 0.3) is 10.8 Å². The molecule has 126 valence electrons. The molecule has 1 unspecified atom stereocenters. The van der Waals surface area contributed by atoms with E-state index in [0.717, 1.165) is 21.9 Å². The highest BCUT2D eigenvalue weighted by Crippen LogP contribution is 2.16. The number of carbonyl (C=O) groups is 2. The van der Waals surface area contributed by atoms with E-state index in [-0.39, 0.29) is 18.7 Å². The third kappa shape index (κ3) is 4.44. The molecule has 4 heteroatoms. The summed E-state index contributed by atoms with van der Waals surface area (Å²) in [5.41, 5.74) is 1.74. The quantitative estimate of drug-likeness (QED) is 0.728. The molecule has 0 aromatic heterocycles. The Bertz CT molecular complexity index is 890. The van der Waals surface area contributed by atoms with Gasteiger partial charge in [-0.2, -0.15) is 0 Å². The highest BCUT2D eigenvalue weighted by molar-refractivity contribution is 5.87. The maximum Gasteiger partial charge on any atom is 0.326 e. The van der Waals surface area contributed by atoms with Crippen molar-refractivity contribution in [2.45, 2.75) is 18.9 Å². The van der Waals surface area contributed by atoms with Crippen molar-refractivity contribution in [3.63, 3.8) is 0 Å². The summed E-state index contributed by atoms with van der Waals surface area (Å²) >= 11 is 0. The number of hydrogen-bond acceptors (Lipinski definition) is 2. The molecule has 3 rings (SSSR count). The van der Waals surface area contributed by atoms with Gasteiger partial charge in [-0.3, -0.25) is 4.79 Å². The molecule has 0 heterocycles. The fourth-order valence-electron chi connectivity index (χ4n) is 2.83. The Kier molecular flexibility index (Phi) is 5.09. The molecule has 2 N–H and O–H groups in total. The van der Waals surface area contributed by atoms with Gasteiger partial charge in [-0.15, -0.1) is 0 Å². The lowest BCUT2D eigenvalue weighted by Gasteiger charge is -2.15. The summed E-state index contributed by atoms with van der Waals surface area (Å²) in [6.45, 7) is 0. The molecule has 1 amide bonds. The molecular weight excluding hydrogens is 314 g/mol. The van der Waals surface area contributed by atoms with Crippen LogP contribution in [0.15, 0.2) is 72.8 Å². The molecule has 0 bridgehead atoms. The lowest BCUT2D eigenvalue weighted by molar-refractivity contribution is -0.141. The van der Waals surface area contributed by atoms with Gasteiger partial charge in [0, 0.05) is 6.42 Å². The van der Waals surface area contributed by atoms with E-state index >= 15 is 0 Å². The van der Waals surface area contributed by atoms with E-state index < -0.39 is 12.0 Å². The molecule has 0 spiro atoms. The fourth-order valence-corrected chi connectivity index (χ4v) is 2.83. The van der Waals surface area contributed by atoms with Crippen molar-refractivity contribution < 1.29 is 14.7 Å². The van der Waals surface area contributed by atoms with E-state index in [4.69, 9.17) is 0 Å². The number of benzene rings is 3. The number of fused-ring (bicyclic) bond motifs is 1. The molecule has 0 saturated carbocycles. The summed E-state index contributed by atoms with van der Waals surface area (Å²) in [5, 5.41) is 14.2. The summed E-state index contributed by atoms with van der Waals surface area (Å²) < 4.78 is 0. The third-order valence-electron chi connectivity index (χ3n) is 4.09. The smallest absolute Gasteiger partial charge is 0.326 e. The van der Waals surface area contributed by atoms with Crippen LogP contribution in [0.1, 0.15) is 11.1 Å². The highest BCUT2D eigenvalue weighted by Gasteiger charge is 2.20. The second-order valence-corrected chi connectivity index (χ2v) is 6.01. The molecule has 0 aliphatic rings. The first-order valence-electron chi connectivity index (χ1n) is 8.15. The van der Waals surface area contributed by atoms with Crippen LogP contribution in [0.4, 0.5) is 0 Å². The minimum absolute atomic E-state index is 0.156. The van der Waals surface area contributed by atoms with Gasteiger partial charge in [0.15, 0.2) is 0 Å². The van der Waals surface area contributed by atoms with Gasteiger partial charge >= 0.3 is 5.97 Å². The van der Waals surface area contributed by atoms with Crippen LogP contribution < -0.4 is 5.32 Å². The molecule has 0 fully saturated rings. The van der Waals surface area contributed by atoms with E-state index in [1.807, 2.05) is 72.8 Å². The van der Waals surface area contributed by atoms with Gasteiger partial charge in [-0.1, -0.05) is 72.8 Å². The highest BCUT2D eigenvalue weighted by atomic mass is 16.4. The number of hydrogen-bond donors (Lipinski definition) is 2. The van der Waals surface area contributed by atoms with Gasteiger partial charge in [0.25, 0.3) is 0 Å². The van der Waals surface area contributed by atoms with Crippen LogP contribution >= 0.6 is 0 Å². The number of nitrogens with one attached hydrogen (secondary N) is 1. The summed E-state index contributed by atoms with van der Waals surface area (Å²) in [7, 11) is 0. The number of rotatable bonds is 6. The first-order chi connectivity index (χ1) is 12.1. The Morgan fingerprint density at radius 1 is 0.840 bits per heavy atom. The number of amides is 1. The van der Waals surface area contributed by atoms with Gasteiger partial charge in [-0.25, -0.2) is 4.79 Å². The molecule has 0 radical (unpaired) electrons. The van der Waals surface area contributed by atoms with Crippen molar-refractivity contribution in [2.75, 3.05) is 0 Å².